The van der Waals surface area contributed by atoms with Gasteiger partial charge < -0.3 is 20.5 Å². The van der Waals surface area contributed by atoms with Crippen LogP contribution in [0, 0.1) is 0 Å². The van der Waals surface area contributed by atoms with Crippen LogP contribution in [0.4, 0.5) is 16.3 Å². The fourth-order valence-corrected chi connectivity index (χ4v) is 3.99. The second kappa shape index (κ2) is 10.8. The highest BCUT2D eigenvalue weighted by Gasteiger charge is 2.22. The molecule has 0 radical (unpaired) electrons. The molecular weight excluding hydrogens is 547 g/mol. The molecule has 3 amide bonds. The molecule has 4 aromatic rings. The Balaban J connectivity index is 1.58. The molecule has 2 aromatic heterocycles. The topological polar surface area (TPSA) is 161 Å². The number of Topliss-reactive ketones (excluding diaryl/α,β-unsaturated/α-hetero) is 1. The normalized spacial score (nSPS) is 11.2. The number of amides is 3. The molecule has 0 spiro atoms. The molecule has 0 saturated carbocycles. The molecule has 0 saturated heterocycles. The van der Waals surface area contributed by atoms with E-state index in [-0.39, 0.29) is 44.0 Å². The average molecular weight is 571 g/mol. The van der Waals surface area contributed by atoms with Crippen LogP contribution in [0.1, 0.15) is 36.8 Å². The number of fused-ring (bicyclic) bond motifs is 1. The number of carbonyl (C=O) groups excluding carboxylic acids is 3. The van der Waals surface area contributed by atoms with Crippen molar-refractivity contribution in [1.29, 1.82) is 0 Å². The number of halogens is 2. The van der Waals surface area contributed by atoms with Gasteiger partial charge in [-0.05, 0) is 24.3 Å². The Morgan fingerprint density at radius 3 is 2.36 bits per heavy atom. The molecule has 13 heteroatoms. The first kappa shape index (κ1) is 27.7. The standard InChI is InChI=1S/C26H24Cl2N6O5/c1-26(2,3)19-11-20(34-33-19)32-25(37)31-14-5-6-17(22(28)21(14)27)39-16-7-8-30-15-10-18(38-4)13(9-12(15)16)23(35)24(29)36/h5-11H,1-4H3,(H2,29,36)(H3,31,32,33,34,37). The number of benzene rings is 2. The Bertz CT molecular complexity index is 1610. The van der Waals surface area contributed by atoms with Crippen molar-refractivity contribution < 1.29 is 23.9 Å². The zero-order valence-electron chi connectivity index (χ0n) is 21.3. The number of methoxy groups -OCH3 is 1. The summed E-state index contributed by atoms with van der Waals surface area (Å²) in [6.07, 6.45) is 1.49. The quantitative estimate of drug-likeness (QED) is 0.164. The number of urea groups is 1. The zero-order valence-corrected chi connectivity index (χ0v) is 22.8. The van der Waals surface area contributed by atoms with Gasteiger partial charge in [0.2, 0.25) is 0 Å². The summed E-state index contributed by atoms with van der Waals surface area (Å²) in [6.45, 7) is 6.04. The first-order valence-electron chi connectivity index (χ1n) is 11.5. The van der Waals surface area contributed by atoms with Gasteiger partial charge in [-0.1, -0.05) is 44.0 Å². The number of H-pyrrole nitrogens is 1. The van der Waals surface area contributed by atoms with Gasteiger partial charge in [-0.2, -0.15) is 5.10 Å². The molecule has 0 fully saturated rings. The number of nitrogens with zero attached hydrogens (tertiary/aromatic N) is 2. The Morgan fingerprint density at radius 1 is 0.974 bits per heavy atom. The molecule has 0 aliphatic rings. The SMILES string of the molecule is COc1cc2nccc(Oc3ccc(NC(=O)Nc4cc(C(C)(C)C)[nH]n4)c(Cl)c3Cl)c2cc1C(=O)C(N)=O. The van der Waals surface area contributed by atoms with Gasteiger partial charge in [0.1, 0.15) is 22.3 Å². The third kappa shape index (κ3) is 5.89. The van der Waals surface area contributed by atoms with Crippen LogP contribution in [0.5, 0.6) is 17.2 Å². The number of rotatable bonds is 7. The van der Waals surface area contributed by atoms with Crippen molar-refractivity contribution in [2.24, 2.45) is 5.73 Å². The van der Waals surface area contributed by atoms with Crippen LogP contribution in [0.15, 0.2) is 42.6 Å². The van der Waals surface area contributed by atoms with Gasteiger partial charge in [0.25, 0.3) is 11.7 Å². The van der Waals surface area contributed by atoms with Crippen molar-refractivity contribution in [3.63, 3.8) is 0 Å². The number of carbonyl (C=O) groups is 3. The molecular formula is C26H24Cl2N6O5. The minimum Gasteiger partial charge on any atom is -0.496 e. The lowest BCUT2D eigenvalue weighted by molar-refractivity contribution is -0.114. The number of ether oxygens (including phenoxy) is 2. The lowest BCUT2D eigenvalue weighted by atomic mass is 9.92. The average Bonchev–Trinajstić information content (AvgIpc) is 3.36. The van der Waals surface area contributed by atoms with Gasteiger partial charge in [-0.25, -0.2) is 4.79 Å². The minimum absolute atomic E-state index is 0.0242. The van der Waals surface area contributed by atoms with Crippen LogP contribution in [0.3, 0.4) is 0 Å². The van der Waals surface area contributed by atoms with E-state index in [1.807, 2.05) is 20.8 Å². The van der Waals surface area contributed by atoms with Gasteiger partial charge in [-0.15, -0.1) is 0 Å². The molecule has 0 aliphatic carbocycles. The Hall–Kier alpha value is -4.35. The van der Waals surface area contributed by atoms with E-state index >= 15 is 0 Å². The van der Waals surface area contributed by atoms with E-state index in [1.165, 1.54) is 37.6 Å². The molecule has 2 aromatic carbocycles. The highest BCUT2D eigenvalue weighted by Crippen LogP contribution is 2.41. The number of aromatic amines is 1. The van der Waals surface area contributed by atoms with Crippen molar-refractivity contribution >= 4 is 63.3 Å². The number of anilines is 2. The molecule has 2 heterocycles. The van der Waals surface area contributed by atoms with Crippen LogP contribution in [0.25, 0.3) is 10.9 Å². The Morgan fingerprint density at radius 2 is 1.72 bits per heavy atom. The van der Waals surface area contributed by atoms with Crippen LogP contribution in [-0.2, 0) is 10.2 Å². The molecule has 0 atom stereocenters. The van der Waals surface area contributed by atoms with Crippen molar-refractivity contribution in [3.05, 3.63) is 63.9 Å². The highest BCUT2D eigenvalue weighted by molar-refractivity contribution is 6.45. The minimum atomic E-state index is -1.14. The molecule has 11 nitrogen and oxygen atoms in total. The summed E-state index contributed by atoms with van der Waals surface area (Å²) in [7, 11) is 1.36. The van der Waals surface area contributed by atoms with Gasteiger partial charge in [0.15, 0.2) is 5.82 Å². The van der Waals surface area contributed by atoms with Crippen molar-refractivity contribution in [1.82, 2.24) is 15.2 Å². The van der Waals surface area contributed by atoms with Gasteiger partial charge in [0.05, 0.1) is 28.9 Å². The summed E-state index contributed by atoms with van der Waals surface area (Å²) >= 11 is 12.9. The maximum atomic E-state index is 12.5. The van der Waals surface area contributed by atoms with Crippen molar-refractivity contribution in [2.45, 2.75) is 26.2 Å². The van der Waals surface area contributed by atoms with Crippen molar-refractivity contribution in [2.75, 3.05) is 17.7 Å². The summed E-state index contributed by atoms with van der Waals surface area (Å²) in [6, 6.07) is 8.63. The predicted molar refractivity (Wildman–Crippen MR) is 148 cm³/mol. The number of nitrogens with two attached hydrogens (primary N) is 1. The van der Waals surface area contributed by atoms with E-state index in [0.29, 0.717) is 16.7 Å². The molecule has 39 heavy (non-hydrogen) atoms. The predicted octanol–water partition coefficient (Wildman–Crippen LogP) is 5.68. The van der Waals surface area contributed by atoms with Gasteiger partial charge in [-0.3, -0.25) is 25.0 Å². The molecule has 202 valence electrons. The third-order valence-electron chi connectivity index (χ3n) is 5.63. The van der Waals surface area contributed by atoms with Crippen LogP contribution < -0.4 is 25.8 Å². The number of hydrogen-bond acceptors (Lipinski definition) is 7. The summed E-state index contributed by atoms with van der Waals surface area (Å²) in [5.74, 6) is -1.15. The Kier molecular flexibility index (Phi) is 7.66. The molecule has 0 bridgehead atoms. The third-order valence-corrected chi connectivity index (χ3v) is 6.50. The number of nitrogens with one attached hydrogen (secondary N) is 3. The second-order valence-corrected chi connectivity index (χ2v) is 10.2. The largest absolute Gasteiger partial charge is 0.496 e. The summed E-state index contributed by atoms with van der Waals surface area (Å²) in [5.41, 5.74) is 6.49. The maximum absolute atomic E-state index is 12.5. The number of pyridine rings is 1. The number of ketones is 1. The first-order valence-corrected chi connectivity index (χ1v) is 12.2. The van der Waals surface area contributed by atoms with E-state index in [0.717, 1.165) is 5.69 Å². The highest BCUT2D eigenvalue weighted by atomic mass is 35.5. The van der Waals surface area contributed by atoms with E-state index in [1.54, 1.807) is 12.1 Å². The fourth-order valence-electron chi connectivity index (χ4n) is 3.58. The number of primary amides is 1. The number of aromatic nitrogens is 3. The lowest BCUT2D eigenvalue weighted by Crippen LogP contribution is -2.23. The molecule has 4 rings (SSSR count). The van der Waals surface area contributed by atoms with Crippen LogP contribution in [-0.4, -0.2) is 40.0 Å². The molecule has 0 unspecified atom stereocenters. The summed E-state index contributed by atoms with van der Waals surface area (Å²) in [4.78, 5) is 40.6. The number of hydrogen-bond donors (Lipinski definition) is 4. The maximum Gasteiger partial charge on any atom is 0.324 e. The smallest absolute Gasteiger partial charge is 0.324 e. The van der Waals surface area contributed by atoms with Crippen molar-refractivity contribution in [3.8, 4) is 17.2 Å². The first-order chi connectivity index (χ1) is 18.4. The van der Waals surface area contributed by atoms with E-state index in [9.17, 15) is 14.4 Å². The van der Waals surface area contributed by atoms with Gasteiger partial charge >= 0.3 is 6.03 Å². The van der Waals surface area contributed by atoms with Crippen LogP contribution in [0.2, 0.25) is 10.0 Å². The zero-order chi connectivity index (χ0) is 28.5. The fraction of sp³-hybridized carbons (Fsp3) is 0.192. The second-order valence-electron chi connectivity index (χ2n) is 9.41. The monoisotopic (exact) mass is 570 g/mol. The summed E-state index contributed by atoms with van der Waals surface area (Å²) < 4.78 is 11.2. The van der Waals surface area contributed by atoms with E-state index < -0.39 is 17.7 Å². The lowest BCUT2D eigenvalue weighted by Gasteiger charge is -2.15. The van der Waals surface area contributed by atoms with E-state index in [4.69, 9.17) is 38.4 Å². The molecule has 5 N–H and O–H groups in total. The van der Waals surface area contributed by atoms with Crippen LogP contribution >= 0.6 is 23.2 Å². The molecule has 0 aliphatic heterocycles. The van der Waals surface area contributed by atoms with Gasteiger partial charge in [0, 0.05) is 34.8 Å². The van der Waals surface area contributed by atoms with E-state index in [2.05, 4.69) is 25.8 Å². The summed E-state index contributed by atoms with van der Waals surface area (Å²) in [5, 5.41) is 12.7. The Labute approximate surface area is 233 Å².